The van der Waals surface area contributed by atoms with E-state index in [0.29, 0.717) is 17.2 Å². The van der Waals surface area contributed by atoms with Crippen LogP contribution in [0.3, 0.4) is 0 Å². The Morgan fingerprint density at radius 1 is 1.10 bits per heavy atom. The Morgan fingerprint density at radius 3 is 2.30 bits per heavy atom. The summed E-state index contributed by atoms with van der Waals surface area (Å²) in [5, 5.41) is 0. The highest BCUT2D eigenvalue weighted by Gasteiger charge is 2.15. The lowest BCUT2D eigenvalue weighted by atomic mass is 9.97. The number of rotatable bonds is 4. The average molecular weight is 272 g/mol. The maximum absolute atomic E-state index is 13.3. The first-order valence-electron chi connectivity index (χ1n) is 6.51. The molecule has 0 amide bonds. The normalized spacial score (nSPS) is 10.7. The van der Waals surface area contributed by atoms with Crippen molar-refractivity contribution in [2.75, 3.05) is 7.11 Å². The van der Waals surface area contributed by atoms with E-state index in [4.69, 9.17) is 4.74 Å². The zero-order valence-electron chi connectivity index (χ0n) is 11.8. The molecule has 2 aromatic carbocycles. The lowest BCUT2D eigenvalue weighted by Crippen LogP contribution is -2.05. The van der Waals surface area contributed by atoms with E-state index in [1.54, 1.807) is 12.1 Å². The number of carbonyl (C=O) groups is 1. The smallest absolute Gasteiger partial charge is 0.196 e. The molecule has 0 bridgehead atoms. The molecule has 3 heteroatoms. The van der Waals surface area contributed by atoms with Crippen molar-refractivity contribution in [2.45, 2.75) is 19.8 Å². The van der Waals surface area contributed by atoms with Gasteiger partial charge in [0, 0.05) is 5.56 Å². The molecule has 2 rings (SSSR count). The van der Waals surface area contributed by atoms with Gasteiger partial charge in [-0.05, 0) is 29.7 Å². The molecule has 0 aliphatic rings. The molecule has 0 aromatic heterocycles. The van der Waals surface area contributed by atoms with Crippen LogP contribution in [0.5, 0.6) is 5.75 Å². The molecule has 2 aromatic rings. The van der Waals surface area contributed by atoms with E-state index in [1.807, 2.05) is 12.1 Å². The van der Waals surface area contributed by atoms with Crippen LogP contribution in [-0.2, 0) is 0 Å². The first-order chi connectivity index (χ1) is 9.52. The monoisotopic (exact) mass is 272 g/mol. The molecule has 2 nitrogen and oxygen atoms in total. The highest BCUT2D eigenvalue weighted by molar-refractivity contribution is 6.10. The molecule has 0 aliphatic heterocycles. The largest absolute Gasteiger partial charge is 0.496 e. The van der Waals surface area contributed by atoms with Gasteiger partial charge < -0.3 is 4.74 Å². The quantitative estimate of drug-likeness (QED) is 0.780. The lowest BCUT2D eigenvalue weighted by Gasteiger charge is -2.09. The molecule has 0 atom stereocenters. The van der Waals surface area contributed by atoms with Gasteiger partial charge in [0.2, 0.25) is 0 Å². The van der Waals surface area contributed by atoms with Gasteiger partial charge in [-0.2, -0.15) is 0 Å². The van der Waals surface area contributed by atoms with Crippen LogP contribution in [0, 0.1) is 5.82 Å². The van der Waals surface area contributed by atoms with Gasteiger partial charge >= 0.3 is 0 Å². The Kier molecular flexibility index (Phi) is 4.18. The summed E-state index contributed by atoms with van der Waals surface area (Å²) in [6.07, 6.45) is 0. The molecule has 0 spiro atoms. The summed E-state index contributed by atoms with van der Waals surface area (Å²) in [5.74, 6) is 0.0943. The zero-order valence-corrected chi connectivity index (χ0v) is 11.8. The highest BCUT2D eigenvalue weighted by Crippen LogP contribution is 2.23. The second kappa shape index (κ2) is 5.87. The lowest BCUT2D eigenvalue weighted by molar-refractivity contribution is 0.103. The second-order valence-corrected chi connectivity index (χ2v) is 4.95. The van der Waals surface area contributed by atoms with E-state index in [0.717, 1.165) is 5.56 Å². The van der Waals surface area contributed by atoms with Gasteiger partial charge in [0.25, 0.3) is 0 Å². The third-order valence-corrected chi connectivity index (χ3v) is 3.25. The van der Waals surface area contributed by atoms with Crippen molar-refractivity contribution in [3.05, 3.63) is 65.0 Å². The number of hydrogen-bond donors (Lipinski definition) is 0. The summed E-state index contributed by atoms with van der Waals surface area (Å²) in [7, 11) is 1.46. The van der Waals surface area contributed by atoms with Gasteiger partial charge in [0.05, 0.1) is 12.7 Å². The van der Waals surface area contributed by atoms with Gasteiger partial charge in [-0.3, -0.25) is 4.79 Å². The van der Waals surface area contributed by atoms with Crippen molar-refractivity contribution in [2.24, 2.45) is 0 Å². The molecule has 0 saturated heterocycles. The summed E-state index contributed by atoms with van der Waals surface area (Å²) < 4.78 is 18.4. The number of carbonyl (C=O) groups excluding carboxylic acids is 1. The molecule has 0 fully saturated rings. The minimum absolute atomic E-state index is 0.239. The molecule has 0 N–H and O–H groups in total. The van der Waals surface area contributed by atoms with Crippen LogP contribution in [-0.4, -0.2) is 12.9 Å². The van der Waals surface area contributed by atoms with E-state index >= 15 is 0 Å². The molecule has 0 aliphatic carbocycles. The Bertz CT molecular complexity index is 615. The van der Waals surface area contributed by atoms with Gasteiger partial charge in [0.15, 0.2) is 5.78 Å². The van der Waals surface area contributed by atoms with E-state index in [2.05, 4.69) is 13.8 Å². The minimum atomic E-state index is -0.451. The van der Waals surface area contributed by atoms with Crippen molar-refractivity contribution in [3.63, 3.8) is 0 Å². The maximum Gasteiger partial charge on any atom is 0.196 e. The molecule has 0 heterocycles. The SMILES string of the molecule is COc1ccc(F)cc1C(=O)c1ccc(C(C)C)cc1. The predicted molar refractivity (Wildman–Crippen MR) is 76.9 cm³/mol. The van der Waals surface area contributed by atoms with E-state index < -0.39 is 5.82 Å². The third-order valence-electron chi connectivity index (χ3n) is 3.25. The predicted octanol–water partition coefficient (Wildman–Crippen LogP) is 4.19. The Hall–Kier alpha value is -2.16. The summed E-state index contributed by atoms with van der Waals surface area (Å²) >= 11 is 0. The van der Waals surface area contributed by atoms with Crippen LogP contribution in [0.15, 0.2) is 42.5 Å². The fourth-order valence-corrected chi connectivity index (χ4v) is 2.03. The van der Waals surface area contributed by atoms with Gasteiger partial charge in [0.1, 0.15) is 11.6 Å². The molecular formula is C17H17FO2. The topological polar surface area (TPSA) is 26.3 Å². The second-order valence-electron chi connectivity index (χ2n) is 4.95. The van der Waals surface area contributed by atoms with Gasteiger partial charge in [-0.1, -0.05) is 38.1 Å². The molecule has 0 saturated carbocycles. The minimum Gasteiger partial charge on any atom is -0.496 e. The van der Waals surface area contributed by atoms with Crippen molar-refractivity contribution >= 4 is 5.78 Å². The maximum atomic E-state index is 13.3. The average Bonchev–Trinajstić information content (AvgIpc) is 2.46. The first-order valence-corrected chi connectivity index (χ1v) is 6.51. The van der Waals surface area contributed by atoms with Crippen LogP contribution in [0.4, 0.5) is 4.39 Å². The zero-order chi connectivity index (χ0) is 14.7. The number of methoxy groups -OCH3 is 1. The highest BCUT2D eigenvalue weighted by atomic mass is 19.1. The van der Waals surface area contributed by atoms with Crippen LogP contribution in [0.2, 0.25) is 0 Å². The fraction of sp³-hybridized carbons (Fsp3) is 0.235. The fourth-order valence-electron chi connectivity index (χ4n) is 2.03. The van der Waals surface area contributed by atoms with Crippen molar-refractivity contribution in [3.8, 4) is 5.75 Å². The summed E-state index contributed by atoms with van der Waals surface area (Å²) in [6, 6.07) is 11.3. The summed E-state index contributed by atoms with van der Waals surface area (Å²) in [4.78, 5) is 12.4. The van der Waals surface area contributed by atoms with Crippen molar-refractivity contribution < 1.29 is 13.9 Å². The first kappa shape index (κ1) is 14.3. The van der Waals surface area contributed by atoms with Crippen molar-refractivity contribution in [1.29, 1.82) is 0 Å². The molecule has 0 radical (unpaired) electrons. The Morgan fingerprint density at radius 2 is 1.75 bits per heavy atom. The number of ketones is 1. The van der Waals surface area contributed by atoms with Crippen LogP contribution < -0.4 is 4.74 Å². The number of halogens is 1. The molecule has 0 unspecified atom stereocenters. The summed E-state index contributed by atoms with van der Waals surface area (Å²) in [5.41, 5.74) is 1.93. The standard InChI is InChI=1S/C17H17FO2/c1-11(2)12-4-6-13(7-5-12)17(19)15-10-14(18)8-9-16(15)20-3/h4-11H,1-3H3. The Labute approximate surface area is 118 Å². The number of benzene rings is 2. The molecule has 104 valence electrons. The van der Waals surface area contributed by atoms with Crippen LogP contribution in [0.25, 0.3) is 0 Å². The van der Waals surface area contributed by atoms with Gasteiger partial charge in [-0.25, -0.2) is 4.39 Å². The number of hydrogen-bond acceptors (Lipinski definition) is 2. The van der Waals surface area contributed by atoms with E-state index in [1.165, 1.54) is 25.3 Å². The molecular weight excluding hydrogens is 255 g/mol. The Balaban J connectivity index is 2.38. The molecule has 20 heavy (non-hydrogen) atoms. The van der Waals surface area contributed by atoms with E-state index in [9.17, 15) is 9.18 Å². The number of ether oxygens (including phenoxy) is 1. The third kappa shape index (κ3) is 2.87. The van der Waals surface area contributed by atoms with Crippen molar-refractivity contribution in [1.82, 2.24) is 0 Å². The van der Waals surface area contributed by atoms with E-state index in [-0.39, 0.29) is 11.3 Å². The summed E-state index contributed by atoms with van der Waals surface area (Å²) in [6.45, 7) is 4.18. The van der Waals surface area contributed by atoms with Crippen LogP contribution in [0.1, 0.15) is 41.3 Å². The van der Waals surface area contributed by atoms with Gasteiger partial charge in [-0.15, -0.1) is 0 Å². The van der Waals surface area contributed by atoms with Crippen LogP contribution >= 0.6 is 0 Å².